The standard InChI is InChI=1S/C21H26N2O3/c1-5-23(18-9-7-6-8-10-18)19(24)17-13-11-16(12-14-17)15-22-20(25)26-21(2,3)4/h6-14H,5,15H2,1-4H3,(H,22,25). The van der Waals surface area contributed by atoms with Crippen molar-refractivity contribution in [1.82, 2.24) is 5.32 Å². The third-order valence-electron chi connectivity index (χ3n) is 3.67. The first kappa shape index (κ1) is 19.5. The largest absolute Gasteiger partial charge is 0.444 e. The number of nitrogens with one attached hydrogen (secondary N) is 1. The zero-order valence-corrected chi connectivity index (χ0v) is 15.8. The summed E-state index contributed by atoms with van der Waals surface area (Å²) in [6.07, 6.45) is -0.459. The number of amides is 2. The van der Waals surface area contributed by atoms with Gasteiger partial charge in [0.15, 0.2) is 0 Å². The van der Waals surface area contributed by atoms with Crippen LogP contribution in [0.4, 0.5) is 10.5 Å². The van der Waals surface area contributed by atoms with E-state index in [4.69, 9.17) is 4.74 Å². The molecule has 0 saturated heterocycles. The van der Waals surface area contributed by atoms with Gasteiger partial charge in [0, 0.05) is 24.3 Å². The highest BCUT2D eigenvalue weighted by molar-refractivity contribution is 6.06. The number of carbonyl (C=O) groups is 2. The molecular formula is C21H26N2O3. The molecule has 26 heavy (non-hydrogen) atoms. The molecular weight excluding hydrogens is 328 g/mol. The molecule has 5 heteroatoms. The normalized spacial score (nSPS) is 10.9. The Kier molecular flexibility index (Phi) is 6.39. The maximum atomic E-state index is 12.7. The number of ether oxygens (including phenoxy) is 1. The molecule has 2 amide bonds. The lowest BCUT2D eigenvalue weighted by Crippen LogP contribution is -2.32. The third-order valence-corrected chi connectivity index (χ3v) is 3.67. The molecule has 0 unspecified atom stereocenters. The van der Waals surface area contributed by atoms with Gasteiger partial charge in [0.2, 0.25) is 0 Å². The zero-order chi connectivity index (χ0) is 19.2. The Morgan fingerprint density at radius 2 is 1.62 bits per heavy atom. The van der Waals surface area contributed by atoms with Gasteiger partial charge in [-0.05, 0) is 57.5 Å². The smallest absolute Gasteiger partial charge is 0.407 e. The highest BCUT2D eigenvalue weighted by Gasteiger charge is 2.17. The highest BCUT2D eigenvalue weighted by Crippen LogP contribution is 2.17. The van der Waals surface area contributed by atoms with Gasteiger partial charge in [-0.25, -0.2) is 4.79 Å². The van der Waals surface area contributed by atoms with Crippen molar-refractivity contribution in [2.45, 2.75) is 39.8 Å². The second kappa shape index (κ2) is 8.52. The number of para-hydroxylation sites is 1. The number of alkyl carbamates (subject to hydrolysis) is 1. The van der Waals surface area contributed by atoms with Crippen LogP contribution in [0, 0.1) is 0 Å². The summed E-state index contributed by atoms with van der Waals surface area (Å²) in [7, 11) is 0. The lowest BCUT2D eigenvalue weighted by molar-refractivity contribution is 0.0523. The average molecular weight is 354 g/mol. The monoisotopic (exact) mass is 354 g/mol. The molecule has 5 nitrogen and oxygen atoms in total. The molecule has 0 aliphatic rings. The lowest BCUT2D eigenvalue weighted by Gasteiger charge is -2.21. The fraction of sp³-hybridized carbons (Fsp3) is 0.333. The molecule has 138 valence electrons. The minimum atomic E-state index is -0.526. The Labute approximate surface area is 155 Å². The molecule has 0 atom stereocenters. The van der Waals surface area contributed by atoms with E-state index in [1.54, 1.807) is 17.0 Å². The fourth-order valence-electron chi connectivity index (χ4n) is 2.46. The predicted octanol–water partition coefficient (Wildman–Crippen LogP) is 4.38. The van der Waals surface area contributed by atoms with E-state index in [-0.39, 0.29) is 5.91 Å². The van der Waals surface area contributed by atoms with E-state index in [2.05, 4.69) is 5.32 Å². The van der Waals surface area contributed by atoms with Gasteiger partial charge in [-0.2, -0.15) is 0 Å². The number of benzene rings is 2. The number of anilines is 1. The summed E-state index contributed by atoms with van der Waals surface area (Å²) < 4.78 is 5.21. The van der Waals surface area contributed by atoms with Crippen molar-refractivity contribution in [1.29, 1.82) is 0 Å². The van der Waals surface area contributed by atoms with E-state index in [9.17, 15) is 9.59 Å². The van der Waals surface area contributed by atoms with Crippen LogP contribution < -0.4 is 10.2 Å². The maximum Gasteiger partial charge on any atom is 0.407 e. The predicted molar refractivity (Wildman–Crippen MR) is 103 cm³/mol. The Balaban J connectivity index is 2.00. The van der Waals surface area contributed by atoms with Crippen molar-refractivity contribution in [3.63, 3.8) is 0 Å². The molecule has 0 fully saturated rings. The Morgan fingerprint density at radius 1 is 1.00 bits per heavy atom. The van der Waals surface area contributed by atoms with Gasteiger partial charge < -0.3 is 15.0 Å². The first-order chi connectivity index (χ1) is 12.3. The van der Waals surface area contributed by atoms with Crippen molar-refractivity contribution in [2.24, 2.45) is 0 Å². The van der Waals surface area contributed by atoms with Crippen molar-refractivity contribution >= 4 is 17.7 Å². The Morgan fingerprint density at radius 3 is 2.15 bits per heavy atom. The molecule has 1 N–H and O–H groups in total. The molecule has 0 aliphatic carbocycles. The quantitative estimate of drug-likeness (QED) is 0.867. The molecule has 0 radical (unpaired) electrons. The number of nitrogens with zero attached hydrogens (tertiary/aromatic N) is 1. The molecule has 0 saturated carbocycles. The van der Waals surface area contributed by atoms with E-state index < -0.39 is 11.7 Å². The highest BCUT2D eigenvalue weighted by atomic mass is 16.6. The average Bonchev–Trinajstić information content (AvgIpc) is 2.60. The Bertz CT molecular complexity index is 734. The van der Waals surface area contributed by atoms with E-state index in [0.29, 0.717) is 18.7 Å². The second-order valence-corrected chi connectivity index (χ2v) is 6.94. The van der Waals surface area contributed by atoms with Crippen LogP contribution in [0.1, 0.15) is 43.6 Å². The van der Waals surface area contributed by atoms with Crippen molar-refractivity contribution in [3.05, 3.63) is 65.7 Å². The van der Waals surface area contributed by atoms with E-state index >= 15 is 0 Å². The summed E-state index contributed by atoms with van der Waals surface area (Å²) >= 11 is 0. The SMILES string of the molecule is CCN(C(=O)c1ccc(CNC(=O)OC(C)(C)C)cc1)c1ccccc1. The number of hydrogen-bond acceptors (Lipinski definition) is 3. The van der Waals surface area contributed by atoms with Crippen LogP contribution in [0.25, 0.3) is 0 Å². The van der Waals surface area contributed by atoms with Crippen LogP contribution in [-0.4, -0.2) is 24.1 Å². The lowest BCUT2D eigenvalue weighted by atomic mass is 10.1. The van der Waals surface area contributed by atoms with Crippen LogP contribution in [-0.2, 0) is 11.3 Å². The van der Waals surface area contributed by atoms with Gasteiger partial charge in [-0.1, -0.05) is 30.3 Å². The summed E-state index contributed by atoms with van der Waals surface area (Å²) in [5.74, 6) is -0.0506. The van der Waals surface area contributed by atoms with E-state index in [1.807, 2.05) is 70.2 Å². The van der Waals surface area contributed by atoms with Gasteiger partial charge in [-0.15, -0.1) is 0 Å². The number of carbonyl (C=O) groups excluding carboxylic acids is 2. The van der Waals surface area contributed by atoms with Gasteiger partial charge in [0.25, 0.3) is 5.91 Å². The zero-order valence-electron chi connectivity index (χ0n) is 15.8. The number of rotatable bonds is 5. The molecule has 2 rings (SSSR count). The van der Waals surface area contributed by atoms with Crippen LogP contribution in [0.2, 0.25) is 0 Å². The summed E-state index contributed by atoms with van der Waals surface area (Å²) in [4.78, 5) is 26.2. The topological polar surface area (TPSA) is 58.6 Å². The van der Waals surface area contributed by atoms with Crippen molar-refractivity contribution in [3.8, 4) is 0 Å². The minimum absolute atomic E-state index is 0.0506. The first-order valence-corrected chi connectivity index (χ1v) is 8.73. The first-order valence-electron chi connectivity index (χ1n) is 8.73. The molecule has 0 spiro atoms. The summed E-state index contributed by atoms with van der Waals surface area (Å²) in [6.45, 7) is 8.34. The summed E-state index contributed by atoms with van der Waals surface area (Å²) in [6, 6.07) is 16.8. The van der Waals surface area contributed by atoms with Gasteiger partial charge in [0.05, 0.1) is 0 Å². The maximum absolute atomic E-state index is 12.7. The molecule has 0 heterocycles. The van der Waals surface area contributed by atoms with Gasteiger partial charge in [-0.3, -0.25) is 4.79 Å². The van der Waals surface area contributed by atoms with Crippen LogP contribution in [0.5, 0.6) is 0 Å². The molecule has 0 bridgehead atoms. The van der Waals surface area contributed by atoms with Crippen LogP contribution in [0.15, 0.2) is 54.6 Å². The van der Waals surface area contributed by atoms with Crippen LogP contribution in [0.3, 0.4) is 0 Å². The van der Waals surface area contributed by atoms with Crippen LogP contribution >= 0.6 is 0 Å². The van der Waals surface area contributed by atoms with Gasteiger partial charge in [0.1, 0.15) is 5.60 Å². The third kappa shape index (κ3) is 5.62. The summed E-state index contributed by atoms with van der Waals surface area (Å²) in [5.41, 5.74) is 1.85. The second-order valence-electron chi connectivity index (χ2n) is 6.94. The summed E-state index contributed by atoms with van der Waals surface area (Å²) in [5, 5.41) is 2.71. The molecule has 2 aromatic rings. The van der Waals surface area contributed by atoms with Gasteiger partial charge >= 0.3 is 6.09 Å². The fourth-order valence-corrected chi connectivity index (χ4v) is 2.46. The van der Waals surface area contributed by atoms with E-state index in [1.165, 1.54) is 0 Å². The Hall–Kier alpha value is -2.82. The van der Waals surface area contributed by atoms with Crippen molar-refractivity contribution < 1.29 is 14.3 Å². The van der Waals surface area contributed by atoms with E-state index in [0.717, 1.165) is 11.3 Å². The molecule has 0 aromatic heterocycles. The van der Waals surface area contributed by atoms with Crippen molar-refractivity contribution in [2.75, 3.05) is 11.4 Å². The number of hydrogen-bond donors (Lipinski definition) is 1. The molecule has 0 aliphatic heterocycles. The minimum Gasteiger partial charge on any atom is -0.444 e. The molecule has 2 aromatic carbocycles.